The molecule has 0 bridgehead atoms. The highest BCUT2D eigenvalue weighted by molar-refractivity contribution is 6.22. The molecule has 5 heteroatoms. The van der Waals surface area contributed by atoms with E-state index in [1.54, 1.807) is 0 Å². The average molecular weight is 331 g/mol. The quantitative estimate of drug-likeness (QED) is 0.453. The average Bonchev–Trinajstić information content (AvgIpc) is 2.88. The monoisotopic (exact) mass is 331 g/mol. The highest BCUT2D eigenvalue weighted by Gasteiger charge is 2.81. The maximum absolute atomic E-state index is 13.0. The van der Waals surface area contributed by atoms with Gasteiger partial charge in [-0.3, -0.25) is 14.5 Å². The maximum atomic E-state index is 13.0. The molecule has 1 heterocycles. The van der Waals surface area contributed by atoms with Gasteiger partial charge in [-0.05, 0) is 39.5 Å². The first-order valence-electron chi connectivity index (χ1n) is 8.55. The van der Waals surface area contributed by atoms with E-state index >= 15 is 0 Å². The van der Waals surface area contributed by atoms with E-state index in [0.717, 1.165) is 18.4 Å². The Kier molecular flexibility index (Phi) is 3.74. The molecular formula is C19H25NO4. The van der Waals surface area contributed by atoms with Crippen molar-refractivity contribution in [3.05, 3.63) is 22.8 Å². The van der Waals surface area contributed by atoms with Gasteiger partial charge in [0.15, 0.2) is 5.54 Å². The summed E-state index contributed by atoms with van der Waals surface area (Å²) in [5, 5.41) is 0. The molecule has 2 aliphatic carbocycles. The number of esters is 1. The van der Waals surface area contributed by atoms with Crippen molar-refractivity contribution in [3.63, 3.8) is 0 Å². The Morgan fingerprint density at radius 2 is 1.62 bits per heavy atom. The molecule has 2 atom stereocenters. The molecule has 0 spiro atoms. The first-order chi connectivity index (χ1) is 11.2. The number of nitrogens with zero attached hydrogens (tertiary/aromatic N) is 1. The number of carbonyl (C=O) groups is 3. The number of rotatable bonds is 3. The van der Waals surface area contributed by atoms with Crippen LogP contribution in [0.25, 0.3) is 0 Å². The van der Waals surface area contributed by atoms with Gasteiger partial charge in [-0.25, -0.2) is 4.79 Å². The summed E-state index contributed by atoms with van der Waals surface area (Å²) in [6, 6.07) is 0. The molecule has 1 aliphatic heterocycles. The molecule has 24 heavy (non-hydrogen) atoms. The predicted molar refractivity (Wildman–Crippen MR) is 88.8 cm³/mol. The van der Waals surface area contributed by atoms with Gasteiger partial charge in [-0.2, -0.15) is 0 Å². The van der Waals surface area contributed by atoms with Crippen LogP contribution in [0.4, 0.5) is 0 Å². The smallest absolute Gasteiger partial charge is 0.333 e. The van der Waals surface area contributed by atoms with E-state index in [0.29, 0.717) is 24.0 Å². The van der Waals surface area contributed by atoms with Crippen LogP contribution in [-0.4, -0.2) is 35.3 Å². The normalized spacial score (nSPS) is 31.0. The maximum Gasteiger partial charge on any atom is 0.333 e. The van der Waals surface area contributed by atoms with Gasteiger partial charge < -0.3 is 4.74 Å². The number of allylic oxidation sites excluding steroid dienone is 1. The lowest BCUT2D eigenvalue weighted by Gasteiger charge is -2.28. The lowest BCUT2D eigenvalue weighted by Crippen LogP contribution is -2.52. The van der Waals surface area contributed by atoms with Gasteiger partial charge in [-0.15, -0.1) is 0 Å². The van der Waals surface area contributed by atoms with Gasteiger partial charge in [0.2, 0.25) is 0 Å². The van der Waals surface area contributed by atoms with Gasteiger partial charge in [0.1, 0.15) is 0 Å². The molecule has 5 nitrogen and oxygen atoms in total. The second-order valence-corrected chi connectivity index (χ2v) is 7.81. The van der Waals surface area contributed by atoms with Gasteiger partial charge in [0, 0.05) is 22.5 Å². The van der Waals surface area contributed by atoms with E-state index in [2.05, 4.69) is 0 Å². The minimum Gasteiger partial charge on any atom is -0.467 e. The van der Waals surface area contributed by atoms with E-state index in [9.17, 15) is 14.4 Å². The SMILES string of the molecule is COC(=O)[C@@]1(N2C(=O)C3=C(CCCC3)C2=O)[C@@H](C=C(C)C)C1(C)C. The number of hydrogen-bond donors (Lipinski definition) is 0. The molecule has 0 unspecified atom stereocenters. The third-order valence-electron chi connectivity index (χ3n) is 5.87. The molecule has 0 N–H and O–H groups in total. The summed E-state index contributed by atoms with van der Waals surface area (Å²) in [6.45, 7) is 7.75. The lowest BCUT2D eigenvalue weighted by molar-refractivity contribution is -0.160. The number of imide groups is 1. The summed E-state index contributed by atoms with van der Waals surface area (Å²) in [6.07, 6.45) is 5.06. The fourth-order valence-corrected chi connectivity index (χ4v) is 4.57. The van der Waals surface area contributed by atoms with Gasteiger partial charge in [-0.1, -0.05) is 25.5 Å². The summed E-state index contributed by atoms with van der Waals surface area (Å²) in [4.78, 5) is 40.0. The standard InChI is InChI=1S/C19H25NO4/c1-11(2)10-14-18(3,4)19(14,17(23)24-5)20-15(21)12-8-6-7-9-13(12)16(20)22/h10,14H,6-9H2,1-5H3/t14-,19-/m0/s1. The Balaban J connectivity index is 2.10. The third kappa shape index (κ3) is 1.90. The molecule has 130 valence electrons. The van der Waals surface area contributed by atoms with Crippen LogP contribution in [0, 0.1) is 11.3 Å². The lowest BCUT2D eigenvalue weighted by atomic mass is 9.93. The van der Waals surface area contributed by atoms with Crippen LogP contribution in [0.2, 0.25) is 0 Å². The fraction of sp³-hybridized carbons (Fsp3) is 0.632. The molecule has 0 aromatic carbocycles. The van der Waals surface area contributed by atoms with E-state index in [1.165, 1.54) is 12.0 Å². The summed E-state index contributed by atoms with van der Waals surface area (Å²) < 4.78 is 5.05. The first kappa shape index (κ1) is 16.9. The zero-order valence-electron chi connectivity index (χ0n) is 15.1. The van der Waals surface area contributed by atoms with Crippen LogP contribution < -0.4 is 0 Å². The van der Waals surface area contributed by atoms with E-state index in [-0.39, 0.29) is 17.7 Å². The Morgan fingerprint density at radius 1 is 1.12 bits per heavy atom. The first-order valence-corrected chi connectivity index (χ1v) is 8.55. The highest BCUT2D eigenvalue weighted by atomic mass is 16.5. The molecule has 0 radical (unpaired) electrons. The van der Waals surface area contributed by atoms with Crippen molar-refractivity contribution in [3.8, 4) is 0 Å². The summed E-state index contributed by atoms with van der Waals surface area (Å²) in [5.74, 6) is -1.32. The predicted octanol–water partition coefficient (Wildman–Crippen LogP) is 2.76. The summed E-state index contributed by atoms with van der Waals surface area (Å²) in [7, 11) is 1.32. The molecule has 3 rings (SSSR count). The van der Waals surface area contributed by atoms with E-state index < -0.39 is 16.9 Å². The second kappa shape index (κ2) is 5.30. The Labute approximate surface area is 142 Å². The topological polar surface area (TPSA) is 63.7 Å². The van der Waals surface area contributed by atoms with Crippen molar-refractivity contribution in [1.82, 2.24) is 4.90 Å². The summed E-state index contributed by atoms with van der Waals surface area (Å²) >= 11 is 0. The number of amides is 2. The molecule has 3 aliphatic rings. The zero-order chi connectivity index (χ0) is 17.9. The fourth-order valence-electron chi connectivity index (χ4n) is 4.57. The van der Waals surface area contributed by atoms with Crippen LogP contribution in [0.5, 0.6) is 0 Å². The number of methoxy groups -OCH3 is 1. The third-order valence-corrected chi connectivity index (χ3v) is 5.87. The van der Waals surface area contributed by atoms with Crippen LogP contribution >= 0.6 is 0 Å². The highest BCUT2D eigenvalue weighted by Crippen LogP contribution is 2.67. The Hall–Kier alpha value is -1.91. The van der Waals surface area contributed by atoms with Crippen molar-refractivity contribution in [2.75, 3.05) is 7.11 Å². The summed E-state index contributed by atoms with van der Waals surface area (Å²) in [5.41, 5.74) is 0.485. The van der Waals surface area contributed by atoms with Crippen molar-refractivity contribution >= 4 is 17.8 Å². The van der Waals surface area contributed by atoms with E-state index in [4.69, 9.17) is 4.74 Å². The van der Waals surface area contributed by atoms with Crippen LogP contribution in [0.1, 0.15) is 53.4 Å². The molecule has 1 saturated carbocycles. The van der Waals surface area contributed by atoms with Gasteiger partial charge in [0.25, 0.3) is 11.8 Å². The van der Waals surface area contributed by atoms with E-state index in [1.807, 2.05) is 33.8 Å². The largest absolute Gasteiger partial charge is 0.467 e. The molecule has 2 amide bonds. The van der Waals surface area contributed by atoms with Gasteiger partial charge in [0.05, 0.1) is 7.11 Å². The van der Waals surface area contributed by atoms with Crippen molar-refractivity contribution < 1.29 is 19.1 Å². The minimum atomic E-state index is -1.23. The molecular weight excluding hydrogens is 306 g/mol. The van der Waals surface area contributed by atoms with Crippen LogP contribution in [0.15, 0.2) is 22.8 Å². The molecule has 0 saturated heterocycles. The van der Waals surface area contributed by atoms with Gasteiger partial charge >= 0.3 is 5.97 Å². The number of carbonyl (C=O) groups excluding carboxylic acids is 3. The number of ether oxygens (including phenoxy) is 1. The number of hydrogen-bond acceptors (Lipinski definition) is 4. The van der Waals surface area contributed by atoms with Crippen molar-refractivity contribution in [2.45, 2.75) is 58.9 Å². The van der Waals surface area contributed by atoms with Crippen LogP contribution in [0.3, 0.4) is 0 Å². The molecule has 0 aromatic heterocycles. The zero-order valence-corrected chi connectivity index (χ0v) is 15.1. The van der Waals surface area contributed by atoms with Crippen molar-refractivity contribution in [1.29, 1.82) is 0 Å². The minimum absolute atomic E-state index is 0.225. The molecule has 1 fully saturated rings. The Morgan fingerprint density at radius 3 is 2.04 bits per heavy atom. The van der Waals surface area contributed by atoms with Crippen LogP contribution in [-0.2, 0) is 19.1 Å². The van der Waals surface area contributed by atoms with Crippen molar-refractivity contribution in [2.24, 2.45) is 11.3 Å². The second-order valence-electron chi connectivity index (χ2n) is 7.81. The molecule has 0 aromatic rings. The Bertz CT molecular complexity index is 668.